The summed E-state index contributed by atoms with van der Waals surface area (Å²) in [6.45, 7) is 19.0. The number of aromatic amines is 1. The summed E-state index contributed by atoms with van der Waals surface area (Å²) in [4.78, 5) is 46.6. The molecule has 2 unspecified atom stereocenters. The highest BCUT2D eigenvalue weighted by atomic mass is 16.6. The second kappa shape index (κ2) is 12.1. The van der Waals surface area contributed by atoms with Crippen LogP contribution in [0.15, 0.2) is 0 Å². The van der Waals surface area contributed by atoms with Crippen molar-refractivity contribution < 1.29 is 28.6 Å². The number of carbonyl (C=O) groups is 3. The van der Waals surface area contributed by atoms with Crippen molar-refractivity contribution in [3.05, 3.63) is 22.8 Å². The number of hydrogen-bond donors (Lipinski definition) is 1. The average Bonchev–Trinajstić information content (AvgIpc) is 3.31. The first kappa shape index (κ1) is 28.0. The third kappa shape index (κ3) is 6.42. The van der Waals surface area contributed by atoms with E-state index in [2.05, 4.69) is 35.7 Å². The van der Waals surface area contributed by atoms with E-state index in [-0.39, 0.29) is 24.8 Å². The number of aryl methyl sites for hydroxylation is 1. The Balaban J connectivity index is 1.95. The molecule has 2 aromatic heterocycles. The van der Waals surface area contributed by atoms with Crippen molar-refractivity contribution in [2.24, 2.45) is 23.7 Å². The van der Waals surface area contributed by atoms with E-state index < -0.39 is 31.1 Å². The number of carbonyl (C=O) groups excluding carboxylic acids is 3. The monoisotopic (exact) mass is 515 g/mol. The van der Waals surface area contributed by atoms with Crippen LogP contribution in [0.25, 0.3) is 10.5 Å². The van der Waals surface area contributed by atoms with Crippen molar-refractivity contribution in [1.82, 2.24) is 19.5 Å². The molecule has 11 nitrogen and oxygen atoms in total. The quantitative estimate of drug-likeness (QED) is 0.390. The topological polar surface area (TPSA) is 120 Å². The number of nitrogens with one attached hydrogen (secondary N) is 1. The van der Waals surface area contributed by atoms with Gasteiger partial charge in [-0.05, 0) is 63.7 Å². The molecule has 2 aromatic rings. The summed E-state index contributed by atoms with van der Waals surface area (Å²) in [6, 6.07) is 0. The van der Waals surface area contributed by atoms with Crippen LogP contribution in [0.2, 0.25) is 0 Å². The molecule has 0 radical (unpaired) electrons. The van der Waals surface area contributed by atoms with E-state index >= 15 is 0 Å². The fourth-order valence-corrected chi connectivity index (χ4v) is 5.51. The predicted octanol–water partition coefficient (Wildman–Crippen LogP) is 4.31. The van der Waals surface area contributed by atoms with E-state index in [0.717, 1.165) is 23.3 Å². The molecule has 0 aromatic carbocycles. The van der Waals surface area contributed by atoms with Gasteiger partial charge in [-0.15, -0.1) is 0 Å². The zero-order valence-corrected chi connectivity index (χ0v) is 22.5. The van der Waals surface area contributed by atoms with Crippen LogP contribution < -0.4 is 4.74 Å². The summed E-state index contributed by atoms with van der Waals surface area (Å²) in [6.07, 6.45) is 1.90. The second-order valence-corrected chi connectivity index (χ2v) is 9.95. The Hall–Kier alpha value is -3.55. The molecule has 3 rings (SSSR count). The average molecular weight is 516 g/mol. The molecule has 1 amide bonds. The highest BCUT2D eigenvalue weighted by molar-refractivity contribution is 5.85. The Labute approximate surface area is 217 Å². The standard InChI is InChI=1S/C26H37N5O6/c1-8-35-21(32)13-30(14-22(33)36-9-2)26(34)37-25-23(27-7)20(24-28-18(6)29-31(24)25)12-19-16(4)10-15(3)11-17(19)5/h15-17,19H,8-14H2,1-6H3,(H,28,29). The van der Waals surface area contributed by atoms with Gasteiger partial charge in [0.15, 0.2) is 0 Å². The van der Waals surface area contributed by atoms with E-state index in [1.807, 2.05) is 0 Å². The van der Waals surface area contributed by atoms with Gasteiger partial charge in [0.25, 0.3) is 5.69 Å². The van der Waals surface area contributed by atoms with Crippen LogP contribution in [0.1, 0.15) is 58.8 Å². The van der Waals surface area contributed by atoms with Crippen molar-refractivity contribution >= 4 is 29.4 Å². The number of rotatable bonds is 9. The minimum atomic E-state index is -0.975. The van der Waals surface area contributed by atoms with Gasteiger partial charge in [-0.1, -0.05) is 20.8 Å². The smallest absolute Gasteiger partial charge is 0.416 e. The number of aromatic nitrogens is 3. The molecule has 0 bridgehead atoms. The molecule has 1 aliphatic rings. The highest BCUT2D eigenvalue weighted by Gasteiger charge is 2.35. The number of amides is 1. The van der Waals surface area contributed by atoms with Gasteiger partial charge < -0.3 is 14.2 Å². The van der Waals surface area contributed by atoms with E-state index in [1.165, 1.54) is 4.52 Å². The highest BCUT2D eigenvalue weighted by Crippen LogP contribution is 2.44. The van der Waals surface area contributed by atoms with Gasteiger partial charge in [-0.2, -0.15) is 0 Å². The molecule has 0 spiro atoms. The van der Waals surface area contributed by atoms with E-state index in [4.69, 9.17) is 20.8 Å². The lowest BCUT2D eigenvalue weighted by atomic mass is 9.67. The molecule has 11 heteroatoms. The van der Waals surface area contributed by atoms with Crippen molar-refractivity contribution in [3.8, 4) is 5.88 Å². The van der Waals surface area contributed by atoms with Crippen LogP contribution in [0, 0.1) is 37.2 Å². The lowest BCUT2D eigenvalue weighted by Crippen LogP contribution is -2.42. The third-order valence-corrected chi connectivity index (χ3v) is 6.97. The van der Waals surface area contributed by atoms with E-state index in [0.29, 0.717) is 41.6 Å². The van der Waals surface area contributed by atoms with Crippen LogP contribution >= 0.6 is 0 Å². The molecular formula is C26H37N5O6. The van der Waals surface area contributed by atoms with E-state index in [1.54, 1.807) is 20.8 Å². The first-order chi connectivity index (χ1) is 17.6. The molecular weight excluding hydrogens is 478 g/mol. The Morgan fingerprint density at radius 3 is 2.16 bits per heavy atom. The van der Waals surface area contributed by atoms with Gasteiger partial charge in [0.2, 0.25) is 5.88 Å². The molecule has 1 fully saturated rings. The lowest BCUT2D eigenvalue weighted by molar-refractivity contribution is -0.147. The van der Waals surface area contributed by atoms with Gasteiger partial charge in [-0.3, -0.25) is 19.6 Å². The van der Waals surface area contributed by atoms with E-state index in [9.17, 15) is 14.4 Å². The zero-order chi connectivity index (χ0) is 27.3. The minimum Gasteiger partial charge on any atom is -0.465 e. The number of fused-ring (bicyclic) bond motifs is 1. The largest absolute Gasteiger partial charge is 0.465 e. The first-order valence-corrected chi connectivity index (χ1v) is 12.8. The fourth-order valence-electron chi connectivity index (χ4n) is 5.51. The maximum atomic E-state index is 13.2. The zero-order valence-electron chi connectivity index (χ0n) is 22.5. The van der Waals surface area contributed by atoms with Crippen molar-refractivity contribution in [1.29, 1.82) is 0 Å². The molecule has 0 saturated heterocycles. The Morgan fingerprint density at radius 2 is 1.65 bits per heavy atom. The number of ether oxygens (including phenoxy) is 3. The first-order valence-electron chi connectivity index (χ1n) is 12.8. The molecule has 2 atom stereocenters. The van der Waals surface area contributed by atoms with Gasteiger partial charge in [0.05, 0.1) is 19.8 Å². The molecule has 1 saturated carbocycles. The molecule has 37 heavy (non-hydrogen) atoms. The number of esters is 2. The normalized spacial score (nSPS) is 21.3. The van der Waals surface area contributed by atoms with Crippen LogP contribution in [0.4, 0.5) is 10.5 Å². The summed E-state index contributed by atoms with van der Waals surface area (Å²) < 4.78 is 17.0. The summed E-state index contributed by atoms with van der Waals surface area (Å²) in [7, 11) is 0. The SMILES string of the molecule is [C-]#[N+]c1c(CC2C(C)CC(C)CC2C)c2nc(C)[nH]n2c1OC(=O)N(CC(=O)OCC)CC(=O)OCC. The molecule has 1 aliphatic carbocycles. The molecule has 1 N–H and O–H groups in total. The van der Waals surface area contributed by atoms with Crippen LogP contribution in [-0.2, 0) is 25.5 Å². The van der Waals surface area contributed by atoms with Gasteiger partial charge in [0.1, 0.15) is 24.6 Å². The van der Waals surface area contributed by atoms with Crippen molar-refractivity contribution in [2.75, 3.05) is 26.3 Å². The summed E-state index contributed by atoms with van der Waals surface area (Å²) >= 11 is 0. The number of hydrogen-bond acceptors (Lipinski definition) is 7. The van der Waals surface area contributed by atoms with Gasteiger partial charge in [-0.25, -0.2) is 19.1 Å². The Bertz CT molecular complexity index is 1150. The Kier molecular flexibility index (Phi) is 9.18. The minimum absolute atomic E-state index is 0.0206. The number of nitrogens with zero attached hydrogens (tertiary/aromatic N) is 4. The van der Waals surface area contributed by atoms with Crippen molar-refractivity contribution in [2.45, 2.75) is 60.8 Å². The Morgan fingerprint density at radius 1 is 1.08 bits per heavy atom. The summed E-state index contributed by atoms with van der Waals surface area (Å²) in [5.41, 5.74) is 1.45. The summed E-state index contributed by atoms with van der Waals surface area (Å²) in [5.74, 6) is 1.15. The second-order valence-electron chi connectivity index (χ2n) is 9.95. The maximum Gasteiger partial charge on any atom is 0.416 e. The van der Waals surface area contributed by atoms with Gasteiger partial charge in [0, 0.05) is 5.56 Å². The summed E-state index contributed by atoms with van der Waals surface area (Å²) in [5, 5.41) is 3.04. The van der Waals surface area contributed by atoms with Crippen LogP contribution in [0.3, 0.4) is 0 Å². The van der Waals surface area contributed by atoms with Crippen LogP contribution in [0.5, 0.6) is 5.88 Å². The molecule has 202 valence electrons. The number of H-pyrrole nitrogens is 1. The lowest BCUT2D eigenvalue weighted by Gasteiger charge is -2.38. The van der Waals surface area contributed by atoms with Gasteiger partial charge >= 0.3 is 18.0 Å². The molecule has 0 aliphatic heterocycles. The molecule has 2 heterocycles. The van der Waals surface area contributed by atoms with Crippen molar-refractivity contribution in [3.63, 3.8) is 0 Å². The fraction of sp³-hybridized carbons (Fsp3) is 0.654. The predicted molar refractivity (Wildman–Crippen MR) is 135 cm³/mol. The van der Waals surface area contributed by atoms with Crippen LogP contribution in [-0.4, -0.2) is 63.8 Å². The maximum absolute atomic E-state index is 13.2. The third-order valence-electron chi connectivity index (χ3n) is 6.97.